The molecule has 0 bridgehead atoms. The zero-order valence-electron chi connectivity index (χ0n) is 8.96. The van der Waals surface area contributed by atoms with Gasteiger partial charge in [0.05, 0.1) is 4.92 Å². The van der Waals surface area contributed by atoms with Gasteiger partial charge in [0.25, 0.3) is 5.69 Å². The maximum Gasteiger partial charge on any atom is 0.274 e. The molecule has 0 aliphatic heterocycles. The number of nitrogens with zero attached hydrogens (tertiary/aromatic N) is 1. The van der Waals surface area contributed by atoms with Crippen LogP contribution in [-0.4, -0.2) is 16.4 Å². The first-order valence-corrected chi connectivity index (χ1v) is 7.39. The summed E-state index contributed by atoms with van der Waals surface area (Å²) in [5.74, 6) is 1.69. The summed E-state index contributed by atoms with van der Waals surface area (Å²) in [6.07, 6.45) is 0. The second-order valence-electron chi connectivity index (χ2n) is 3.11. The van der Waals surface area contributed by atoms with Gasteiger partial charge in [0.15, 0.2) is 0 Å². The standard InChI is InChI=1S/C10H14N2O2S2/c1-2-15-16-7-9(11)8-5-3-4-6-10(8)12(13)14/h3-6,9H,2,7,11H2,1H3. The molecule has 0 saturated heterocycles. The number of hydrogen-bond donors (Lipinski definition) is 1. The summed E-state index contributed by atoms with van der Waals surface area (Å²) >= 11 is 0. The number of hydrogen-bond acceptors (Lipinski definition) is 5. The van der Waals surface area contributed by atoms with E-state index < -0.39 is 0 Å². The number of para-hydroxylation sites is 1. The third-order valence-corrected chi connectivity index (χ3v) is 4.49. The van der Waals surface area contributed by atoms with E-state index in [1.807, 2.05) is 0 Å². The van der Waals surface area contributed by atoms with Gasteiger partial charge in [-0.1, -0.05) is 46.7 Å². The van der Waals surface area contributed by atoms with E-state index in [0.717, 1.165) is 5.75 Å². The summed E-state index contributed by atoms with van der Waals surface area (Å²) in [5.41, 5.74) is 6.65. The van der Waals surface area contributed by atoms with Gasteiger partial charge in [0, 0.05) is 29.2 Å². The van der Waals surface area contributed by atoms with Crippen LogP contribution >= 0.6 is 21.6 Å². The molecule has 1 aromatic carbocycles. The van der Waals surface area contributed by atoms with Crippen LogP contribution < -0.4 is 5.73 Å². The Morgan fingerprint density at radius 2 is 2.12 bits per heavy atom. The van der Waals surface area contributed by atoms with E-state index in [1.54, 1.807) is 39.8 Å². The van der Waals surface area contributed by atoms with E-state index in [4.69, 9.17) is 5.73 Å². The quantitative estimate of drug-likeness (QED) is 0.367. The van der Waals surface area contributed by atoms with Gasteiger partial charge in [-0.3, -0.25) is 10.1 Å². The van der Waals surface area contributed by atoms with E-state index >= 15 is 0 Å². The summed E-state index contributed by atoms with van der Waals surface area (Å²) in [6, 6.07) is 6.36. The van der Waals surface area contributed by atoms with Crippen molar-refractivity contribution in [3.63, 3.8) is 0 Å². The van der Waals surface area contributed by atoms with Crippen LogP contribution in [0.2, 0.25) is 0 Å². The monoisotopic (exact) mass is 258 g/mol. The van der Waals surface area contributed by atoms with Gasteiger partial charge in [0.1, 0.15) is 0 Å². The van der Waals surface area contributed by atoms with Crippen molar-refractivity contribution in [2.24, 2.45) is 5.73 Å². The molecule has 0 aromatic heterocycles. The topological polar surface area (TPSA) is 69.2 Å². The Bertz CT molecular complexity index is 360. The van der Waals surface area contributed by atoms with Crippen LogP contribution in [0.15, 0.2) is 24.3 Å². The molecule has 6 heteroatoms. The Morgan fingerprint density at radius 1 is 1.44 bits per heavy atom. The highest BCUT2D eigenvalue weighted by Crippen LogP contribution is 2.29. The third-order valence-electron chi connectivity index (χ3n) is 1.98. The van der Waals surface area contributed by atoms with Crippen molar-refractivity contribution < 1.29 is 4.92 Å². The number of benzene rings is 1. The lowest BCUT2D eigenvalue weighted by Gasteiger charge is -2.10. The minimum atomic E-state index is -0.382. The van der Waals surface area contributed by atoms with Crippen LogP contribution in [0.25, 0.3) is 0 Å². The lowest BCUT2D eigenvalue weighted by Crippen LogP contribution is -2.14. The molecule has 0 aliphatic rings. The van der Waals surface area contributed by atoms with Crippen LogP contribution in [0, 0.1) is 10.1 Å². The molecule has 0 radical (unpaired) electrons. The zero-order chi connectivity index (χ0) is 12.0. The molecule has 4 nitrogen and oxygen atoms in total. The second kappa shape index (κ2) is 6.78. The van der Waals surface area contributed by atoms with Gasteiger partial charge >= 0.3 is 0 Å². The molecule has 88 valence electrons. The Kier molecular flexibility index (Phi) is 5.65. The van der Waals surface area contributed by atoms with E-state index in [0.29, 0.717) is 11.3 Å². The first-order chi connectivity index (χ1) is 7.66. The number of nitro groups is 1. The number of nitro benzene ring substituents is 1. The predicted octanol–water partition coefficient (Wildman–Crippen LogP) is 3.00. The molecule has 1 aromatic rings. The second-order valence-corrected chi connectivity index (χ2v) is 5.91. The maximum atomic E-state index is 10.8. The number of nitrogens with two attached hydrogens (primary N) is 1. The molecule has 1 atom stereocenters. The lowest BCUT2D eigenvalue weighted by molar-refractivity contribution is -0.385. The minimum absolute atomic E-state index is 0.108. The van der Waals surface area contributed by atoms with Crippen LogP contribution in [0.5, 0.6) is 0 Å². The predicted molar refractivity (Wildman–Crippen MR) is 70.6 cm³/mol. The average molecular weight is 258 g/mol. The summed E-state index contributed by atoms with van der Waals surface area (Å²) in [5, 5.41) is 10.8. The molecule has 0 fully saturated rings. The van der Waals surface area contributed by atoms with Crippen molar-refractivity contribution in [2.75, 3.05) is 11.5 Å². The lowest BCUT2D eigenvalue weighted by atomic mass is 10.1. The average Bonchev–Trinajstić information content (AvgIpc) is 2.29. The Balaban J connectivity index is 2.74. The first kappa shape index (κ1) is 13.3. The SMILES string of the molecule is CCSSCC(N)c1ccccc1[N+](=O)[O-]. The fraction of sp³-hybridized carbons (Fsp3) is 0.400. The summed E-state index contributed by atoms with van der Waals surface area (Å²) in [4.78, 5) is 10.4. The van der Waals surface area contributed by atoms with Crippen molar-refractivity contribution in [1.82, 2.24) is 0 Å². The molecule has 1 rings (SSSR count). The first-order valence-electron chi connectivity index (χ1n) is 4.90. The normalized spacial score (nSPS) is 12.4. The van der Waals surface area contributed by atoms with Crippen molar-refractivity contribution >= 4 is 27.3 Å². The van der Waals surface area contributed by atoms with Gasteiger partial charge in [-0.15, -0.1) is 0 Å². The molecule has 0 amide bonds. The molecule has 0 saturated carbocycles. The molecule has 0 heterocycles. The van der Waals surface area contributed by atoms with E-state index in [2.05, 4.69) is 6.92 Å². The van der Waals surface area contributed by atoms with Gasteiger partial charge in [0.2, 0.25) is 0 Å². The largest absolute Gasteiger partial charge is 0.323 e. The molecule has 16 heavy (non-hydrogen) atoms. The van der Waals surface area contributed by atoms with Crippen LogP contribution in [0.1, 0.15) is 18.5 Å². The van der Waals surface area contributed by atoms with Crippen molar-refractivity contribution in [3.8, 4) is 0 Å². The molecule has 1 unspecified atom stereocenters. The van der Waals surface area contributed by atoms with Crippen LogP contribution in [-0.2, 0) is 0 Å². The highest BCUT2D eigenvalue weighted by atomic mass is 33.1. The number of rotatable bonds is 6. The van der Waals surface area contributed by atoms with Crippen LogP contribution in [0.3, 0.4) is 0 Å². The summed E-state index contributed by atoms with van der Waals surface area (Å²) in [6.45, 7) is 2.06. The van der Waals surface area contributed by atoms with E-state index in [1.165, 1.54) is 6.07 Å². The highest BCUT2D eigenvalue weighted by Gasteiger charge is 2.18. The van der Waals surface area contributed by atoms with Gasteiger partial charge < -0.3 is 5.73 Å². The molecule has 2 N–H and O–H groups in total. The van der Waals surface area contributed by atoms with Gasteiger partial charge in [-0.25, -0.2) is 0 Å². The maximum absolute atomic E-state index is 10.8. The molecular formula is C10H14N2O2S2. The van der Waals surface area contributed by atoms with Gasteiger partial charge in [-0.05, 0) is 0 Å². The Hall–Kier alpha value is -0.720. The van der Waals surface area contributed by atoms with E-state index in [-0.39, 0.29) is 16.7 Å². The fourth-order valence-electron chi connectivity index (χ4n) is 1.26. The fourth-order valence-corrected chi connectivity index (χ4v) is 3.08. The molecular weight excluding hydrogens is 244 g/mol. The third kappa shape index (κ3) is 3.70. The zero-order valence-corrected chi connectivity index (χ0v) is 10.6. The summed E-state index contributed by atoms with van der Waals surface area (Å²) < 4.78 is 0. The smallest absolute Gasteiger partial charge is 0.274 e. The van der Waals surface area contributed by atoms with Crippen LogP contribution in [0.4, 0.5) is 5.69 Å². The van der Waals surface area contributed by atoms with Crippen molar-refractivity contribution in [1.29, 1.82) is 0 Å². The van der Waals surface area contributed by atoms with Crippen molar-refractivity contribution in [2.45, 2.75) is 13.0 Å². The van der Waals surface area contributed by atoms with E-state index in [9.17, 15) is 10.1 Å². The summed E-state index contributed by atoms with van der Waals surface area (Å²) in [7, 11) is 3.36. The Labute approximate surface area is 103 Å². The Morgan fingerprint density at radius 3 is 2.75 bits per heavy atom. The van der Waals surface area contributed by atoms with Gasteiger partial charge in [-0.2, -0.15) is 0 Å². The highest BCUT2D eigenvalue weighted by molar-refractivity contribution is 8.76. The van der Waals surface area contributed by atoms with Crippen molar-refractivity contribution in [3.05, 3.63) is 39.9 Å². The molecule has 0 spiro atoms. The minimum Gasteiger partial charge on any atom is -0.323 e. The molecule has 0 aliphatic carbocycles.